The molecule has 1 saturated carbocycles. The normalized spacial score (nSPS) is 15.5. The number of benzene rings is 1. The molecule has 5 N–H and O–H groups in total. The topological polar surface area (TPSA) is 82.4 Å². The molecular weight excluding hydrogens is 477 g/mol. The average molecular weight is 532 g/mol. The molecule has 6 nitrogen and oxygen atoms in total. The van der Waals surface area contributed by atoms with Crippen LogP contribution in [0.3, 0.4) is 0 Å². The first-order valence-electron chi connectivity index (χ1n) is 14.8. The van der Waals surface area contributed by atoms with Crippen molar-refractivity contribution in [3.63, 3.8) is 0 Å². The molecule has 1 amide bonds. The van der Waals surface area contributed by atoms with E-state index < -0.39 is 0 Å². The fourth-order valence-electron chi connectivity index (χ4n) is 5.05. The van der Waals surface area contributed by atoms with E-state index in [9.17, 15) is 9.18 Å². The monoisotopic (exact) mass is 531 g/mol. The van der Waals surface area contributed by atoms with Crippen molar-refractivity contribution in [3.8, 4) is 0 Å². The summed E-state index contributed by atoms with van der Waals surface area (Å²) in [4.78, 5) is 15.3. The molecule has 0 aromatic heterocycles. The number of amides is 1. The molecule has 0 radical (unpaired) electrons. The summed E-state index contributed by atoms with van der Waals surface area (Å²) in [5, 5.41) is 10.4. The Morgan fingerprint density at radius 1 is 1.13 bits per heavy atom. The van der Waals surface area contributed by atoms with Crippen LogP contribution in [0.1, 0.15) is 77.3 Å². The van der Waals surface area contributed by atoms with Crippen molar-refractivity contribution in [1.29, 1.82) is 0 Å². The zero-order valence-electron chi connectivity index (χ0n) is 24.8. The summed E-state index contributed by atoms with van der Waals surface area (Å²) in [6.07, 6.45) is 7.45. The number of likely N-dealkylation sites (N-methyl/N-ethyl adjacent to an activating group) is 1. The van der Waals surface area contributed by atoms with Gasteiger partial charge in [0.2, 0.25) is 5.91 Å². The van der Waals surface area contributed by atoms with E-state index in [2.05, 4.69) is 43.6 Å². The van der Waals surface area contributed by atoms with Gasteiger partial charge in [0, 0.05) is 31.4 Å². The summed E-state index contributed by atoms with van der Waals surface area (Å²) >= 11 is 0. The highest BCUT2D eigenvalue weighted by molar-refractivity contribution is 5.82. The second-order valence-corrected chi connectivity index (χ2v) is 11.7. The second kappa shape index (κ2) is 16.9. The Morgan fingerprint density at radius 2 is 1.87 bits per heavy atom. The highest BCUT2D eigenvalue weighted by Crippen LogP contribution is 2.30. The van der Waals surface area contributed by atoms with E-state index in [0.29, 0.717) is 37.5 Å². The summed E-state index contributed by atoms with van der Waals surface area (Å²) < 4.78 is 14.6. The fraction of sp³-hybridized carbons (Fsp3) is 0.710. The van der Waals surface area contributed by atoms with Crippen LogP contribution in [0.2, 0.25) is 0 Å². The number of hydrogen-bond acceptors (Lipinski definition) is 5. The number of aryl methyl sites for hydroxylation is 1. The number of nitrogens with zero attached hydrogens (tertiary/aromatic N) is 1. The molecular formula is C31H54FN5O. The lowest BCUT2D eigenvalue weighted by Crippen LogP contribution is -2.51. The van der Waals surface area contributed by atoms with Gasteiger partial charge in [0.05, 0.1) is 0 Å². The molecule has 0 spiro atoms. The van der Waals surface area contributed by atoms with Gasteiger partial charge < -0.3 is 26.6 Å². The standard InChI is InChI=1S/C31H54FN5O/c1-7-28(22(2)3)35-20-29(25-14-15-25)36-30(21-37(5)6)31(38)34-19-9-11-24-10-8-12-27(32)26(24)16-13-23(4)17-18-33/h8,10,12,22-23,28,30,35-36H,7,9,11,13-21,33H2,1-6H3,(H,34,38)/t23-,28?,30?/m0/s1. The first-order chi connectivity index (χ1) is 18.2. The SMILES string of the molecule is CCC(NCC(NC(CN(C)C)C(=O)NCCCc1cccc(F)c1CC[C@H](C)CCN)=C1CC1)C(C)C. The van der Waals surface area contributed by atoms with Gasteiger partial charge in [-0.2, -0.15) is 0 Å². The summed E-state index contributed by atoms with van der Waals surface area (Å²) in [5.41, 5.74) is 10.1. The Morgan fingerprint density at radius 3 is 2.47 bits per heavy atom. The molecule has 216 valence electrons. The van der Waals surface area contributed by atoms with Gasteiger partial charge in [0.15, 0.2) is 0 Å². The summed E-state index contributed by atoms with van der Waals surface area (Å²) in [6.45, 7) is 11.5. The van der Waals surface area contributed by atoms with Crippen LogP contribution in [-0.2, 0) is 17.6 Å². The molecule has 0 heterocycles. The van der Waals surface area contributed by atoms with Crippen molar-refractivity contribution >= 4 is 5.91 Å². The van der Waals surface area contributed by atoms with Crippen LogP contribution in [0.15, 0.2) is 29.5 Å². The maximum atomic E-state index is 14.6. The van der Waals surface area contributed by atoms with Crippen molar-refractivity contribution in [3.05, 3.63) is 46.4 Å². The number of hydrogen-bond donors (Lipinski definition) is 4. The lowest BCUT2D eigenvalue weighted by molar-refractivity contribution is -0.123. The number of halogens is 1. The predicted octanol–water partition coefficient (Wildman–Crippen LogP) is 4.38. The van der Waals surface area contributed by atoms with Gasteiger partial charge in [-0.3, -0.25) is 4.79 Å². The largest absolute Gasteiger partial charge is 0.375 e. The molecule has 1 fully saturated rings. The zero-order valence-corrected chi connectivity index (χ0v) is 24.8. The molecule has 1 aliphatic rings. The van der Waals surface area contributed by atoms with Crippen LogP contribution in [0.5, 0.6) is 0 Å². The summed E-state index contributed by atoms with van der Waals surface area (Å²) in [5.74, 6) is 0.943. The Hall–Kier alpha value is -1.96. The highest BCUT2D eigenvalue weighted by atomic mass is 19.1. The third-order valence-electron chi connectivity index (χ3n) is 7.61. The lowest BCUT2D eigenvalue weighted by Gasteiger charge is -2.27. The van der Waals surface area contributed by atoms with Crippen LogP contribution in [0.4, 0.5) is 4.39 Å². The molecule has 2 unspecified atom stereocenters. The molecule has 7 heteroatoms. The third kappa shape index (κ3) is 11.4. The predicted molar refractivity (Wildman–Crippen MR) is 158 cm³/mol. The van der Waals surface area contributed by atoms with Gasteiger partial charge in [0.25, 0.3) is 0 Å². The lowest BCUT2D eigenvalue weighted by atomic mass is 9.93. The van der Waals surface area contributed by atoms with Gasteiger partial charge in [-0.25, -0.2) is 4.39 Å². The van der Waals surface area contributed by atoms with Crippen molar-refractivity contribution in [2.75, 3.05) is 40.3 Å². The number of nitrogens with two attached hydrogens (primary N) is 1. The van der Waals surface area contributed by atoms with E-state index in [1.54, 1.807) is 12.1 Å². The van der Waals surface area contributed by atoms with E-state index in [1.807, 2.05) is 25.1 Å². The van der Waals surface area contributed by atoms with Crippen LogP contribution < -0.4 is 21.7 Å². The van der Waals surface area contributed by atoms with Gasteiger partial charge in [0.1, 0.15) is 11.9 Å². The first-order valence-corrected chi connectivity index (χ1v) is 14.8. The molecule has 3 atom stereocenters. The number of allylic oxidation sites excluding steroid dienone is 1. The number of rotatable bonds is 19. The molecule has 38 heavy (non-hydrogen) atoms. The Bertz CT molecular complexity index is 879. The van der Waals surface area contributed by atoms with Gasteiger partial charge in [-0.05, 0) is 107 Å². The van der Waals surface area contributed by atoms with Crippen molar-refractivity contribution in [2.24, 2.45) is 17.6 Å². The molecule has 0 aliphatic heterocycles. The number of nitrogens with one attached hydrogen (secondary N) is 3. The van der Waals surface area contributed by atoms with Crippen molar-refractivity contribution in [2.45, 2.75) is 91.1 Å². The van der Waals surface area contributed by atoms with E-state index in [-0.39, 0.29) is 17.8 Å². The molecule has 2 rings (SSSR count). The zero-order chi connectivity index (χ0) is 28.1. The Balaban J connectivity index is 1.92. The smallest absolute Gasteiger partial charge is 0.243 e. The number of carbonyl (C=O) groups is 1. The van der Waals surface area contributed by atoms with E-state index >= 15 is 0 Å². The van der Waals surface area contributed by atoms with E-state index in [1.165, 1.54) is 11.3 Å². The summed E-state index contributed by atoms with van der Waals surface area (Å²) in [7, 11) is 3.99. The Labute approximate surface area is 231 Å². The summed E-state index contributed by atoms with van der Waals surface area (Å²) in [6, 6.07) is 5.51. The van der Waals surface area contributed by atoms with Crippen LogP contribution >= 0.6 is 0 Å². The van der Waals surface area contributed by atoms with Crippen LogP contribution in [0.25, 0.3) is 0 Å². The molecule has 1 aliphatic carbocycles. The van der Waals surface area contributed by atoms with Gasteiger partial charge >= 0.3 is 0 Å². The third-order valence-corrected chi connectivity index (χ3v) is 7.61. The molecule has 1 aromatic carbocycles. The minimum absolute atomic E-state index is 0.0171. The first kappa shape index (κ1) is 32.3. The molecule has 1 aromatic rings. The minimum atomic E-state index is -0.317. The fourth-order valence-corrected chi connectivity index (χ4v) is 5.05. The minimum Gasteiger partial charge on any atom is -0.375 e. The van der Waals surface area contributed by atoms with Crippen molar-refractivity contribution < 1.29 is 9.18 Å². The molecule has 0 bridgehead atoms. The second-order valence-electron chi connectivity index (χ2n) is 11.7. The average Bonchev–Trinajstić information content (AvgIpc) is 3.70. The highest BCUT2D eigenvalue weighted by Gasteiger charge is 2.25. The van der Waals surface area contributed by atoms with E-state index in [4.69, 9.17) is 5.73 Å². The maximum absolute atomic E-state index is 14.6. The van der Waals surface area contributed by atoms with Crippen molar-refractivity contribution in [1.82, 2.24) is 20.9 Å². The quantitative estimate of drug-likeness (QED) is 0.199. The van der Waals surface area contributed by atoms with Gasteiger partial charge in [-0.1, -0.05) is 39.8 Å². The van der Waals surface area contributed by atoms with E-state index in [0.717, 1.165) is 69.0 Å². The molecule has 0 saturated heterocycles. The van der Waals surface area contributed by atoms with Gasteiger partial charge in [-0.15, -0.1) is 0 Å². The Kier molecular flexibility index (Phi) is 14.3. The van der Waals surface area contributed by atoms with Crippen LogP contribution in [0, 0.1) is 17.7 Å². The van der Waals surface area contributed by atoms with Crippen LogP contribution in [-0.4, -0.2) is 63.2 Å². The number of carbonyl (C=O) groups excluding carboxylic acids is 1. The maximum Gasteiger partial charge on any atom is 0.243 e.